The summed E-state index contributed by atoms with van der Waals surface area (Å²) >= 11 is 0. The molecule has 1 aromatic carbocycles. The molecule has 0 aliphatic rings. The van der Waals surface area contributed by atoms with E-state index in [0.29, 0.717) is 12.4 Å². The van der Waals surface area contributed by atoms with E-state index in [4.69, 9.17) is 0 Å². The molecule has 5 heteroatoms. The summed E-state index contributed by atoms with van der Waals surface area (Å²) in [5, 5.41) is 6.63. The van der Waals surface area contributed by atoms with Gasteiger partial charge in [0.05, 0.1) is 12.2 Å². The molecule has 2 heterocycles. The van der Waals surface area contributed by atoms with Crippen LogP contribution in [-0.4, -0.2) is 15.0 Å². The van der Waals surface area contributed by atoms with Gasteiger partial charge in [-0.15, -0.1) is 0 Å². The lowest BCUT2D eigenvalue weighted by molar-refractivity contribution is 0.996. The van der Waals surface area contributed by atoms with Crippen LogP contribution in [0.1, 0.15) is 17.1 Å². The van der Waals surface area contributed by atoms with Crippen molar-refractivity contribution in [2.75, 3.05) is 10.6 Å². The summed E-state index contributed by atoms with van der Waals surface area (Å²) in [6, 6.07) is 15.9. The van der Waals surface area contributed by atoms with Crippen molar-refractivity contribution in [2.24, 2.45) is 0 Å². The molecule has 23 heavy (non-hydrogen) atoms. The number of nitrogens with one attached hydrogen (secondary N) is 2. The zero-order chi connectivity index (χ0) is 16.1. The molecule has 0 bridgehead atoms. The SMILES string of the molecule is Cc1nc(NCc2ccccn2)cc(Nc2ccccc2C)n1. The van der Waals surface area contributed by atoms with Gasteiger partial charge in [-0.2, -0.15) is 0 Å². The topological polar surface area (TPSA) is 62.7 Å². The fourth-order valence-corrected chi connectivity index (χ4v) is 2.26. The predicted octanol–water partition coefficient (Wildman–Crippen LogP) is 3.84. The van der Waals surface area contributed by atoms with Crippen LogP contribution in [-0.2, 0) is 6.54 Å². The van der Waals surface area contributed by atoms with Gasteiger partial charge in [-0.3, -0.25) is 4.98 Å². The van der Waals surface area contributed by atoms with E-state index in [2.05, 4.69) is 38.6 Å². The third-order valence-corrected chi connectivity index (χ3v) is 3.42. The predicted molar refractivity (Wildman–Crippen MR) is 92.8 cm³/mol. The van der Waals surface area contributed by atoms with Gasteiger partial charge in [-0.25, -0.2) is 9.97 Å². The summed E-state index contributed by atoms with van der Waals surface area (Å²) < 4.78 is 0. The molecule has 0 saturated carbocycles. The number of anilines is 3. The summed E-state index contributed by atoms with van der Waals surface area (Å²) in [5.41, 5.74) is 3.19. The minimum Gasteiger partial charge on any atom is -0.364 e. The maximum absolute atomic E-state index is 4.45. The lowest BCUT2D eigenvalue weighted by atomic mass is 10.2. The van der Waals surface area contributed by atoms with E-state index < -0.39 is 0 Å². The second-order valence-electron chi connectivity index (χ2n) is 5.30. The van der Waals surface area contributed by atoms with Crippen LogP contribution in [0.3, 0.4) is 0 Å². The number of benzene rings is 1. The molecule has 0 atom stereocenters. The summed E-state index contributed by atoms with van der Waals surface area (Å²) in [4.78, 5) is 13.2. The summed E-state index contributed by atoms with van der Waals surface area (Å²) in [7, 11) is 0. The third kappa shape index (κ3) is 4.03. The van der Waals surface area contributed by atoms with E-state index in [0.717, 1.165) is 23.0 Å². The van der Waals surface area contributed by atoms with E-state index in [1.165, 1.54) is 5.56 Å². The molecule has 0 amide bonds. The number of pyridine rings is 1. The van der Waals surface area contributed by atoms with Crippen molar-refractivity contribution in [1.82, 2.24) is 15.0 Å². The average molecular weight is 305 g/mol. The first kappa shape index (κ1) is 15.0. The minimum absolute atomic E-state index is 0.626. The first-order valence-electron chi connectivity index (χ1n) is 7.53. The van der Waals surface area contributed by atoms with Crippen molar-refractivity contribution in [3.63, 3.8) is 0 Å². The summed E-state index contributed by atoms with van der Waals surface area (Å²) in [5.74, 6) is 2.27. The molecule has 0 saturated heterocycles. The Morgan fingerprint density at radius 1 is 0.913 bits per heavy atom. The van der Waals surface area contributed by atoms with Crippen LogP contribution >= 0.6 is 0 Å². The number of hydrogen-bond donors (Lipinski definition) is 2. The molecule has 5 nitrogen and oxygen atoms in total. The number of nitrogens with zero attached hydrogens (tertiary/aromatic N) is 3. The maximum Gasteiger partial charge on any atom is 0.136 e. The van der Waals surface area contributed by atoms with Crippen LogP contribution in [0.15, 0.2) is 54.7 Å². The van der Waals surface area contributed by atoms with Crippen LogP contribution < -0.4 is 10.6 Å². The lowest BCUT2D eigenvalue weighted by Crippen LogP contribution is -2.06. The smallest absolute Gasteiger partial charge is 0.136 e. The molecule has 0 unspecified atom stereocenters. The maximum atomic E-state index is 4.45. The van der Waals surface area contributed by atoms with Gasteiger partial charge in [-0.05, 0) is 37.6 Å². The van der Waals surface area contributed by atoms with Crippen molar-refractivity contribution in [3.05, 3.63) is 71.8 Å². The molecule has 0 radical (unpaired) electrons. The zero-order valence-electron chi connectivity index (χ0n) is 13.2. The van der Waals surface area contributed by atoms with Gasteiger partial charge in [0.1, 0.15) is 17.5 Å². The normalized spacial score (nSPS) is 10.3. The van der Waals surface area contributed by atoms with Crippen LogP contribution in [0.2, 0.25) is 0 Å². The molecule has 2 aromatic heterocycles. The van der Waals surface area contributed by atoms with E-state index in [-0.39, 0.29) is 0 Å². The van der Waals surface area contributed by atoms with Crippen molar-refractivity contribution >= 4 is 17.3 Å². The van der Waals surface area contributed by atoms with Crippen molar-refractivity contribution in [3.8, 4) is 0 Å². The van der Waals surface area contributed by atoms with E-state index in [1.54, 1.807) is 6.20 Å². The largest absolute Gasteiger partial charge is 0.364 e. The zero-order valence-corrected chi connectivity index (χ0v) is 13.2. The average Bonchev–Trinajstić information content (AvgIpc) is 2.56. The Morgan fingerprint density at radius 3 is 2.48 bits per heavy atom. The Balaban J connectivity index is 1.75. The van der Waals surface area contributed by atoms with E-state index in [9.17, 15) is 0 Å². The van der Waals surface area contributed by atoms with Gasteiger partial charge in [-0.1, -0.05) is 24.3 Å². The summed E-state index contributed by atoms with van der Waals surface area (Å²) in [6.45, 7) is 4.58. The summed E-state index contributed by atoms with van der Waals surface area (Å²) in [6.07, 6.45) is 1.79. The quantitative estimate of drug-likeness (QED) is 0.750. The van der Waals surface area contributed by atoms with Gasteiger partial charge >= 0.3 is 0 Å². The highest BCUT2D eigenvalue weighted by Crippen LogP contribution is 2.20. The molecular weight excluding hydrogens is 286 g/mol. The fraction of sp³-hybridized carbons (Fsp3) is 0.167. The number of rotatable bonds is 5. The molecule has 0 fully saturated rings. The molecule has 3 aromatic rings. The van der Waals surface area contributed by atoms with Gasteiger partial charge in [0, 0.05) is 18.0 Å². The van der Waals surface area contributed by atoms with Crippen LogP contribution in [0.4, 0.5) is 17.3 Å². The van der Waals surface area contributed by atoms with E-state index >= 15 is 0 Å². The standard InChI is InChI=1S/C18H19N5/c1-13-7-3-4-9-16(13)23-18-11-17(21-14(2)22-18)20-12-15-8-5-6-10-19-15/h3-11H,12H2,1-2H3,(H2,20,21,22,23). The first-order valence-corrected chi connectivity index (χ1v) is 7.53. The van der Waals surface area contributed by atoms with Gasteiger partial charge in [0.2, 0.25) is 0 Å². The highest BCUT2D eigenvalue weighted by Gasteiger charge is 2.04. The first-order chi connectivity index (χ1) is 11.2. The van der Waals surface area contributed by atoms with Crippen LogP contribution in [0.25, 0.3) is 0 Å². The Hall–Kier alpha value is -2.95. The highest BCUT2D eigenvalue weighted by molar-refractivity contribution is 5.62. The molecule has 3 rings (SSSR count). The van der Waals surface area contributed by atoms with Gasteiger partial charge in [0.15, 0.2) is 0 Å². The molecule has 0 aliphatic heterocycles. The number of aryl methyl sites for hydroxylation is 2. The monoisotopic (exact) mass is 305 g/mol. The number of para-hydroxylation sites is 1. The van der Waals surface area contributed by atoms with Crippen molar-refractivity contribution < 1.29 is 0 Å². The fourth-order valence-electron chi connectivity index (χ4n) is 2.26. The Labute approximate surface area is 135 Å². The Morgan fingerprint density at radius 2 is 1.70 bits per heavy atom. The van der Waals surface area contributed by atoms with E-state index in [1.807, 2.05) is 49.4 Å². The number of aromatic nitrogens is 3. The second-order valence-corrected chi connectivity index (χ2v) is 5.30. The van der Waals surface area contributed by atoms with Crippen molar-refractivity contribution in [2.45, 2.75) is 20.4 Å². The molecule has 116 valence electrons. The second kappa shape index (κ2) is 6.87. The minimum atomic E-state index is 0.626. The van der Waals surface area contributed by atoms with Gasteiger partial charge < -0.3 is 10.6 Å². The Bertz CT molecular complexity index is 786. The van der Waals surface area contributed by atoms with Crippen LogP contribution in [0.5, 0.6) is 0 Å². The molecular formula is C18H19N5. The Kier molecular flexibility index (Phi) is 4.47. The van der Waals surface area contributed by atoms with Gasteiger partial charge in [0.25, 0.3) is 0 Å². The molecule has 0 aliphatic carbocycles. The van der Waals surface area contributed by atoms with Crippen LogP contribution in [0, 0.1) is 13.8 Å². The number of hydrogen-bond acceptors (Lipinski definition) is 5. The lowest BCUT2D eigenvalue weighted by Gasteiger charge is -2.11. The molecule has 0 spiro atoms. The highest BCUT2D eigenvalue weighted by atomic mass is 15.1. The third-order valence-electron chi connectivity index (χ3n) is 3.42. The molecule has 2 N–H and O–H groups in total. The van der Waals surface area contributed by atoms with Crippen molar-refractivity contribution in [1.29, 1.82) is 0 Å².